The van der Waals surface area contributed by atoms with E-state index in [1.807, 2.05) is 0 Å². The van der Waals surface area contributed by atoms with E-state index in [0.29, 0.717) is 13.0 Å². The van der Waals surface area contributed by atoms with Gasteiger partial charge in [0.05, 0.1) is 0 Å². The number of ketones is 1. The molecule has 0 aromatic carbocycles. The van der Waals surface area contributed by atoms with Crippen molar-refractivity contribution < 1.29 is 14.7 Å². The molecule has 1 atom stereocenters. The minimum atomic E-state index is -1.06. The van der Waals surface area contributed by atoms with E-state index in [1.165, 1.54) is 0 Å². The lowest BCUT2D eigenvalue weighted by atomic mass is 9.96. The second-order valence-electron chi connectivity index (χ2n) is 3.49. The average Bonchev–Trinajstić information content (AvgIpc) is 2.22. The Kier molecular flexibility index (Phi) is 7.54. The monoisotopic (exact) mass is 213 g/mol. The molecule has 0 fully saturated rings. The number of carboxylic acid groups (broad SMARTS) is 1. The summed E-state index contributed by atoms with van der Waals surface area (Å²) in [5.41, 5.74) is 5.33. The maximum Gasteiger partial charge on any atom is 0.314 e. The van der Waals surface area contributed by atoms with E-state index in [2.05, 4.69) is 6.58 Å². The van der Waals surface area contributed by atoms with Gasteiger partial charge in [0.1, 0.15) is 5.92 Å². The van der Waals surface area contributed by atoms with Crippen LogP contribution in [0.3, 0.4) is 0 Å². The number of carbonyl (C=O) groups excluding carboxylic acids is 1. The van der Waals surface area contributed by atoms with Crippen molar-refractivity contribution in [1.82, 2.24) is 0 Å². The molecule has 0 rings (SSSR count). The maximum absolute atomic E-state index is 11.2. The third-order valence-corrected chi connectivity index (χ3v) is 2.29. The van der Waals surface area contributed by atoms with Gasteiger partial charge in [-0.3, -0.25) is 9.59 Å². The van der Waals surface area contributed by atoms with E-state index in [9.17, 15) is 9.59 Å². The van der Waals surface area contributed by atoms with Crippen LogP contribution in [0.1, 0.15) is 32.1 Å². The number of carbonyl (C=O) groups is 2. The van der Waals surface area contributed by atoms with Crippen LogP contribution in [0.4, 0.5) is 0 Å². The van der Waals surface area contributed by atoms with Gasteiger partial charge >= 0.3 is 5.97 Å². The average molecular weight is 213 g/mol. The summed E-state index contributed by atoms with van der Waals surface area (Å²) in [5, 5.41) is 8.79. The smallest absolute Gasteiger partial charge is 0.314 e. The summed E-state index contributed by atoms with van der Waals surface area (Å²) in [6.45, 7) is 3.95. The highest BCUT2D eigenvalue weighted by molar-refractivity contribution is 6.03. The Morgan fingerprint density at radius 2 is 1.87 bits per heavy atom. The van der Waals surface area contributed by atoms with E-state index >= 15 is 0 Å². The summed E-state index contributed by atoms with van der Waals surface area (Å²) in [4.78, 5) is 21.9. The van der Waals surface area contributed by atoms with Crippen molar-refractivity contribution in [2.75, 3.05) is 6.54 Å². The molecule has 0 amide bonds. The van der Waals surface area contributed by atoms with Crippen LogP contribution in [0.5, 0.6) is 0 Å². The first kappa shape index (κ1) is 13.8. The Hall–Kier alpha value is -1.16. The molecule has 0 aliphatic carbocycles. The molecule has 0 heterocycles. The molecule has 0 aromatic heterocycles. The van der Waals surface area contributed by atoms with Gasteiger partial charge in [-0.15, -0.1) is 0 Å². The first-order chi connectivity index (χ1) is 7.13. The van der Waals surface area contributed by atoms with Crippen molar-refractivity contribution in [3.63, 3.8) is 0 Å². The second kappa shape index (κ2) is 8.17. The summed E-state index contributed by atoms with van der Waals surface area (Å²) < 4.78 is 0. The van der Waals surface area contributed by atoms with Gasteiger partial charge in [-0.05, 0) is 25.5 Å². The summed E-state index contributed by atoms with van der Waals surface area (Å²) in [6.07, 6.45) is 5.09. The van der Waals surface area contributed by atoms with Gasteiger partial charge in [-0.25, -0.2) is 0 Å². The number of carboxylic acids is 1. The zero-order valence-electron chi connectivity index (χ0n) is 8.95. The molecule has 0 bridgehead atoms. The lowest BCUT2D eigenvalue weighted by Crippen LogP contribution is -2.21. The van der Waals surface area contributed by atoms with Crippen LogP contribution in [0.2, 0.25) is 0 Å². The van der Waals surface area contributed by atoms with Crippen LogP contribution in [0, 0.1) is 5.92 Å². The standard InChI is InChI=1S/C11H19NO3/c1-2-10(13)9(11(14)15)7-5-3-4-6-8-12/h2,9H,1,3-8,12H2,(H,14,15). The largest absolute Gasteiger partial charge is 0.481 e. The SMILES string of the molecule is C=CC(=O)C(CCCCCCN)C(=O)O. The van der Waals surface area contributed by atoms with Crippen LogP contribution in [0.15, 0.2) is 12.7 Å². The number of allylic oxidation sites excluding steroid dienone is 1. The second-order valence-corrected chi connectivity index (χ2v) is 3.49. The van der Waals surface area contributed by atoms with Gasteiger partial charge in [0.2, 0.25) is 0 Å². The molecule has 0 aliphatic rings. The third kappa shape index (κ3) is 6.01. The molecule has 0 saturated heterocycles. The Labute approximate surface area is 90.2 Å². The normalized spacial score (nSPS) is 12.1. The third-order valence-electron chi connectivity index (χ3n) is 2.29. The van der Waals surface area contributed by atoms with Crippen molar-refractivity contribution in [3.05, 3.63) is 12.7 Å². The van der Waals surface area contributed by atoms with Crippen LogP contribution in [0.25, 0.3) is 0 Å². The van der Waals surface area contributed by atoms with Crippen molar-refractivity contribution in [3.8, 4) is 0 Å². The lowest BCUT2D eigenvalue weighted by molar-refractivity contribution is -0.145. The fourth-order valence-electron chi connectivity index (χ4n) is 1.38. The topological polar surface area (TPSA) is 80.4 Å². The molecule has 0 aromatic rings. The number of aliphatic carboxylic acids is 1. The predicted octanol–water partition coefficient (Wildman–Crippen LogP) is 1.35. The molecule has 0 aliphatic heterocycles. The Morgan fingerprint density at radius 3 is 2.33 bits per heavy atom. The fourth-order valence-corrected chi connectivity index (χ4v) is 1.38. The Bertz CT molecular complexity index is 226. The highest BCUT2D eigenvalue weighted by Gasteiger charge is 2.22. The van der Waals surface area contributed by atoms with Gasteiger partial charge < -0.3 is 10.8 Å². The number of nitrogens with two attached hydrogens (primary N) is 1. The number of hydrogen-bond donors (Lipinski definition) is 2. The van der Waals surface area contributed by atoms with Gasteiger partial charge in [0, 0.05) is 0 Å². The molecule has 3 N–H and O–H groups in total. The zero-order valence-corrected chi connectivity index (χ0v) is 8.95. The van der Waals surface area contributed by atoms with Crippen LogP contribution >= 0.6 is 0 Å². The quantitative estimate of drug-likeness (QED) is 0.344. The molecule has 15 heavy (non-hydrogen) atoms. The van der Waals surface area contributed by atoms with E-state index in [-0.39, 0.29) is 0 Å². The van der Waals surface area contributed by atoms with Crippen molar-refractivity contribution in [1.29, 1.82) is 0 Å². The first-order valence-corrected chi connectivity index (χ1v) is 5.22. The molecular weight excluding hydrogens is 194 g/mol. The van der Waals surface area contributed by atoms with Gasteiger partial charge in [0.25, 0.3) is 0 Å². The lowest BCUT2D eigenvalue weighted by Gasteiger charge is -2.08. The molecule has 0 spiro atoms. The van der Waals surface area contributed by atoms with Crippen LogP contribution in [-0.2, 0) is 9.59 Å². The van der Waals surface area contributed by atoms with Crippen LogP contribution < -0.4 is 5.73 Å². The number of hydrogen-bond acceptors (Lipinski definition) is 3. The van der Waals surface area contributed by atoms with E-state index in [4.69, 9.17) is 10.8 Å². The van der Waals surface area contributed by atoms with Crippen molar-refractivity contribution in [2.24, 2.45) is 11.7 Å². The molecular formula is C11H19NO3. The molecule has 4 nitrogen and oxygen atoms in total. The van der Waals surface area contributed by atoms with Gasteiger partial charge in [-0.1, -0.05) is 25.8 Å². The summed E-state index contributed by atoms with van der Waals surface area (Å²) >= 11 is 0. The van der Waals surface area contributed by atoms with E-state index in [1.54, 1.807) is 0 Å². The Morgan fingerprint density at radius 1 is 1.27 bits per heavy atom. The summed E-state index contributed by atoms with van der Waals surface area (Å²) in [5.74, 6) is -2.37. The zero-order chi connectivity index (χ0) is 11.7. The minimum absolute atomic E-state index is 0.394. The van der Waals surface area contributed by atoms with Crippen LogP contribution in [-0.4, -0.2) is 23.4 Å². The molecule has 1 unspecified atom stereocenters. The van der Waals surface area contributed by atoms with E-state index in [0.717, 1.165) is 31.8 Å². The number of rotatable bonds is 9. The van der Waals surface area contributed by atoms with Gasteiger partial charge in [-0.2, -0.15) is 0 Å². The van der Waals surface area contributed by atoms with Gasteiger partial charge in [0.15, 0.2) is 5.78 Å². The van der Waals surface area contributed by atoms with Crippen molar-refractivity contribution in [2.45, 2.75) is 32.1 Å². The summed E-state index contributed by atoms with van der Waals surface area (Å²) in [6, 6.07) is 0. The molecule has 4 heteroatoms. The molecule has 0 saturated carbocycles. The highest BCUT2D eigenvalue weighted by atomic mass is 16.4. The summed E-state index contributed by atoms with van der Waals surface area (Å²) in [7, 11) is 0. The molecule has 86 valence electrons. The fraction of sp³-hybridized carbons (Fsp3) is 0.636. The minimum Gasteiger partial charge on any atom is -0.481 e. The maximum atomic E-state index is 11.2. The number of unbranched alkanes of at least 4 members (excludes halogenated alkanes) is 3. The molecule has 0 radical (unpaired) electrons. The van der Waals surface area contributed by atoms with Crippen molar-refractivity contribution >= 4 is 11.8 Å². The first-order valence-electron chi connectivity index (χ1n) is 5.22. The predicted molar refractivity (Wildman–Crippen MR) is 58.5 cm³/mol. The highest BCUT2D eigenvalue weighted by Crippen LogP contribution is 2.12. The van der Waals surface area contributed by atoms with E-state index < -0.39 is 17.7 Å². The Balaban J connectivity index is 3.82.